The Balaban J connectivity index is 1.81. The second kappa shape index (κ2) is 8.07. The molecule has 2 heterocycles. The Morgan fingerprint density at radius 3 is 3.15 bits per heavy atom. The van der Waals surface area contributed by atoms with Crippen molar-refractivity contribution in [1.29, 1.82) is 0 Å². The monoisotopic (exact) mass is 280 g/mol. The molecule has 1 amide bonds. The number of carbonyl (C=O) groups excluding carboxylic acids is 1. The van der Waals surface area contributed by atoms with Crippen molar-refractivity contribution in [2.45, 2.75) is 31.7 Å². The molecular formula is C15H24N2O3. The Morgan fingerprint density at radius 1 is 1.60 bits per heavy atom. The molecule has 1 aromatic rings. The number of nitrogens with one attached hydrogen (secondary N) is 1. The van der Waals surface area contributed by atoms with Crippen LogP contribution >= 0.6 is 0 Å². The van der Waals surface area contributed by atoms with Crippen LogP contribution in [-0.2, 0) is 16.0 Å². The van der Waals surface area contributed by atoms with Gasteiger partial charge in [-0.2, -0.15) is 0 Å². The van der Waals surface area contributed by atoms with Crippen molar-refractivity contribution in [1.82, 2.24) is 10.2 Å². The van der Waals surface area contributed by atoms with Gasteiger partial charge in [0.15, 0.2) is 0 Å². The normalized spacial score (nSPS) is 18.4. The van der Waals surface area contributed by atoms with Gasteiger partial charge in [-0.1, -0.05) is 0 Å². The summed E-state index contributed by atoms with van der Waals surface area (Å²) in [5.41, 5.74) is 0. The molecule has 1 fully saturated rings. The number of rotatable bonds is 8. The Hall–Kier alpha value is -1.33. The third-order valence-corrected chi connectivity index (χ3v) is 3.69. The van der Waals surface area contributed by atoms with Gasteiger partial charge in [-0.25, -0.2) is 0 Å². The predicted octanol–water partition coefficient (Wildman–Crippen LogP) is 1.44. The average Bonchev–Trinajstić information content (AvgIpc) is 3.13. The number of amides is 1. The first kappa shape index (κ1) is 15.1. The van der Waals surface area contributed by atoms with E-state index in [0.717, 1.165) is 25.3 Å². The molecule has 1 saturated heterocycles. The van der Waals surface area contributed by atoms with E-state index in [1.165, 1.54) is 6.42 Å². The van der Waals surface area contributed by atoms with E-state index in [-0.39, 0.29) is 5.91 Å². The maximum absolute atomic E-state index is 12.3. The highest BCUT2D eigenvalue weighted by molar-refractivity contribution is 5.76. The molecule has 0 saturated carbocycles. The molecule has 112 valence electrons. The van der Waals surface area contributed by atoms with E-state index in [9.17, 15) is 4.79 Å². The minimum atomic E-state index is 0.173. The van der Waals surface area contributed by atoms with Crippen molar-refractivity contribution in [2.75, 3.05) is 33.4 Å². The second-order valence-electron chi connectivity index (χ2n) is 5.21. The van der Waals surface area contributed by atoms with E-state index < -0.39 is 0 Å². The molecule has 0 bridgehead atoms. The maximum Gasteiger partial charge on any atom is 0.223 e. The Morgan fingerprint density at radius 2 is 2.50 bits per heavy atom. The third-order valence-electron chi connectivity index (χ3n) is 3.69. The van der Waals surface area contributed by atoms with Crippen LogP contribution in [0.1, 0.15) is 25.0 Å². The van der Waals surface area contributed by atoms with Crippen molar-refractivity contribution in [2.24, 2.45) is 0 Å². The molecule has 1 aliphatic rings. The van der Waals surface area contributed by atoms with Crippen LogP contribution in [0.3, 0.4) is 0 Å². The highest BCUT2D eigenvalue weighted by Crippen LogP contribution is 2.10. The van der Waals surface area contributed by atoms with Crippen LogP contribution < -0.4 is 5.32 Å². The Bertz CT molecular complexity index is 386. The summed E-state index contributed by atoms with van der Waals surface area (Å²) in [7, 11) is 1.67. The molecule has 1 aromatic heterocycles. The number of nitrogens with zero attached hydrogens (tertiary/aromatic N) is 1. The molecular weight excluding hydrogens is 256 g/mol. The van der Waals surface area contributed by atoms with Crippen molar-refractivity contribution in [3.05, 3.63) is 24.2 Å². The smallest absolute Gasteiger partial charge is 0.223 e. The molecule has 0 spiro atoms. The summed E-state index contributed by atoms with van der Waals surface area (Å²) in [6.07, 6.45) is 5.14. The highest BCUT2D eigenvalue weighted by atomic mass is 16.5. The largest absolute Gasteiger partial charge is 0.469 e. The van der Waals surface area contributed by atoms with Crippen molar-refractivity contribution < 1.29 is 13.9 Å². The molecule has 1 N–H and O–H groups in total. The first-order valence-corrected chi connectivity index (χ1v) is 7.32. The number of hydrogen-bond acceptors (Lipinski definition) is 4. The lowest BCUT2D eigenvalue weighted by Crippen LogP contribution is -2.42. The fourth-order valence-corrected chi connectivity index (χ4v) is 2.54. The lowest BCUT2D eigenvalue weighted by Gasteiger charge is -2.25. The predicted molar refractivity (Wildman–Crippen MR) is 76.5 cm³/mol. The Labute approximate surface area is 120 Å². The fourth-order valence-electron chi connectivity index (χ4n) is 2.54. The number of hydrogen-bond donors (Lipinski definition) is 1. The van der Waals surface area contributed by atoms with E-state index in [0.29, 0.717) is 32.0 Å². The fraction of sp³-hybridized carbons (Fsp3) is 0.667. The van der Waals surface area contributed by atoms with E-state index in [1.54, 1.807) is 13.4 Å². The summed E-state index contributed by atoms with van der Waals surface area (Å²) < 4.78 is 10.4. The van der Waals surface area contributed by atoms with Crippen LogP contribution in [0.5, 0.6) is 0 Å². The molecule has 20 heavy (non-hydrogen) atoms. The highest BCUT2D eigenvalue weighted by Gasteiger charge is 2.21. The molecule has 0 aromatic carbocycles. The molecule has 5 heteroatoms. The van der Waals surface area contributed by atoms with Gasteiger partial charge in [0.1, 0.15) is 5.76 Å². The van der Waals surface area contributed by atoms with Gasteiger partial charge < -0.3 is 19.4 Å². The summed E-state index contributed by atoms with van der Waals surface area (Å²) in [6.45, 7) is 3.08. The number of methoxy groups -OCH3 is 1. The summed E-state index contributed by atoms with van der Waals surface area (Å²) in [6, 6.07) is 4.19. The van der Waals surface area contributed by atoms with E-state index in [2.05, 4.69) is 5.32 Å². The van der Waals surface area contributed by atoms with Crippen LogP contribution in [0.25, 0.3) is 0 Å². The average molecular weight is 280 g/mol. The summed E-state index contributed by atoms with van der Waals surface area (Å²) in [5, 5.41) is 3.43. The molecule has 0 aliphatic carbocycles. The minimum Gasteiger partial charge on any atom is -0.469 e. The first-order chi connectivity index (χ1) is 9.79. The topological polar surface area (TPSA) is 54.7 Å². The van der Waals surface area contributed by atoms with Gasteiger partial charge >= 0.3 is 0 Å². The molecule has 2 rings (SSSR count). The summed E-state index contributed by atoms with van der Waals surface area (Å²) in [5.74, 6) is 1.04. The molecule has 1 unspecified atom stereocenters. The van der Waals surface area contributed by atoms with Gasteiger partial charge in [0.25, 0.3) is 0 Å². The zero-order chi connectivity index (χ0) is 14.2. The SMILES string of the molecule is COCCN(CC1CCCN1)C(=O)CCc1ccco1. The van der Waals surface area contributed by atoms with E-state index >= 15 is 0 Å². The Kier molecular flexibility index (Phi) is 6.08. The minimum absolute atomic E-state index is 0.173. The molecule has 1 atom stereocenters. The second-order valence-corrected chi connectivity index (χ2v) is 5.21. The lowest BCUT2D eigenvalue weighted by molar-refractivity contribution is -0.132. The van der Waals surface area contributed by atoms with Crippen LogP contribution in [0.4, 0.5) is 0 Å². The van der Waals surface area contributed by atoms with Gasteiger partial charge in [-0.05, 0) is 31.5 Å². The van der Waals surface area contributed by atoms with Gasteiger partial charge in [-0.3, -0.25) is 4.79 Å². The summed E-state index contributed by atoms with van der Waals surface area (Å²) in [4.78, 5) is 14.2. The standard InChI is InChI=1S/C15H24N2O3/c1-19-11-9-17(12-13-4-2-8-16-13)15(18)7-6-14-5-3-10-20-14/h3,5,10,13,16H,2,4,6-9,11-12H2,1H3. The quantitative estimate of drug-likeness (QED) is 0.783. The first-order valence-electron chi connectivity index (χ1n) is 7.32. The third kappa shape index (κ3) is 4.65. The van der Waals surface area contributed by atoms with Crippen molar-refractivity contribution >= 4 is 5.91 Å². The number of aryl methyl sites for hydroxylation is 1. The van der Waals surface area contributed by atoms with Crippen molar-refractivity contribution in [3.63, 3.8) is 0 Å². The molecule has 0 radical (unpaired) electrons. The van der Waals surface area contributed by atoms with Crippen LogP contribution in [-0.4, -0.2) is 50.2 Å². The van der Waals surface area contributed by atoms with Crippen LogP contribution in [0, 0.1) is 0 Å². The van der Waals surface area contributed by atoms with E-state index in [4.69, 9.17) is 9.15 Å². The summed E-state index contributed by atoms with van der Waals surface area (Å²) >= 11 is 0. The van der Waals surface area contributed by atoms with Crippen molar-refractivity contribution in [3.8, 4) is 0 Å². The maximum atomic E-state index is 12.3. The molecule has 5 nitrogen and oxygen atoms in total. The lowest BCUT2D eigenvalue weighted by atomic mass is 10.2. The number of ether oxygens (including phenoxy) is 1. The molecule has 1 aliphatic heterocycles. The zero-order valence-electron chi connectivity index (χ0n) is 12.1. The van der Waals surface area contributed by atoms with Gasteiger partial charge in [-0.15, -0.1) is 0 Å². The van der Waals surface area contributed by atoms with Gasteiger partial charge in [0.05, 0.1) is 12.9 Å². The number of carbonyl (C=O) groups is 1. The van der Waals surface area contributed by atoms with E-state index in [1.807, 2.05) is 17.0 Å². The van der Waals surface area contributed by atoms with Crippen LogP contribution in [0.2, 0.25) is 0 Å². The zero-order valence-corrected chi connectivity index (χ0v) is 12.1. The van der Waals surface area contributed by atoms with Crippen LogP contribution in [0.15, 0.2) is 22.8 Å². The van der Waals surface area contributed by atoms with Gasteiger partial charge in [0, 0.05) is 39.1 Å². The number of furan rings is 1. The van der Waals surface area contributed by atoms with Gasteiger partial charge in [0.2, 0.25) is 5.91 Å².